The van der Waals surface area contributed by atoms with Crippen molar-refractivity contribution in [3.63, 3.8) is 0 Å². The van der Waals surface area contributed by atoms with Crippen LogP contribution < -0.4 is 0 Å². The summed E-state index contributed by atoms with van der Waals surface area (Å²) in [5.74, 6) is 0. The normalized spacial score (nSPS) is 18.0. The van der Waals surface area contributed by atoms with Crippen LogP contribution in [0, 0.1) is 10.1 Å². The molecule has 1 heterocycles. The van der Waals surface area contributed by atoms with Gasteiger partial charge in [-0.1, -0.05) is 36.8 Å². The van der Waals surface area contributed by atoms with E-state index in [4.69, 9.17) is 0 Å². The van der Waals surface area contributed by atoms with Crippen LogP contribution in [0.2, 0.25) is 0 Å². The zero-order valence-electron chi connectivity index (χ0n) is 14.8. The van der Waals surface area contributed by atoms with Gasteiger partial charge in [-0.15, -0.1) is 0 Å². The monoisotopic (exact) mass is 390 g/mol. The van der Waals surface area contributed by atoms with Gasteiger partial charge in [0.1, 0.15) is 11.4 Å². The Hall–Kier alpha value is -2.29. The molecule has 3 rings (SSSR count). The first-order chi connectivity index (χ1) is 12.9. The summed E-state index contributed by atoms with van der Waals surface area (Å²) < 4.78 is 28.1. The zero-order chi connectivity index (χ0) is 19.4. The van der Waals surface area contributed by atoms with Gasteiger partial charge in [0.15, 0.2) is 0 Å². The van der Waals surface area contributed by atoms with Gasteiger partial charge in [-0.2, -0.15) is 0 Å². The van der Waals surface area contributed by atoms with Crippen molar-refractivity contribution in [3.8, 4) is 0 Å². The van der Waals surface area contributed by atoms with Crippen LogP contribution in [0.25, 0.3) is 0 Å². The number of nitro benzene ring substituents is 1. The van der Waals surface area contributed by atoms with Crippen molar-refractivity contribution in [1.82, 2.24) is 4.31 Å². The maximum Gasteiger partial charge on any atom is 0.269 e. The van der Waals surface area contributed by atoms with E-state index in [2.05, 4.69) is 0 Å². The maximum absolute atomic E-state index is 13.3. The van der Waals surface area contributed by atoms with Crippen LogP contribution in [-0.4, -0.2) is 35.8 Å². The Morgan fingerprint density at radius 3 is 2.07 bits per heavy atom. The van der Waals surface area contributed by atoms with E-state index in [0.29, 0.717) is 24.2 Å². The Kier molecular flexibility index (Phi) is 5.88. The van der Waals surface area contributed by atoms with Crippen LogP contribution in [0.5, 0.6) is 0 Å². The van der Waals surface area contributed by atoms with Crippen molar-refractivity contribution in [2.45, 2.75) is 30.6 Å². The second-order valence-electron chi connectivity index (χ2n) is 6.63. The molecule has 8 heteroatoms. The number of hydrogen-bond acceptors (Lipinski definition) is 5. The van der Waals surface area contributed by atoms with E-state index < -0.39 is 26.3 Å². The van der Waals surface area contributed by atoms with Gasteiger partial charge in [-0.25, -0.2) is 12.7 Å². The second kappa shape index (κ2) is 8.16. The third-order valence-corrected chi connectivity index (χ3v) is 7.11. The summed E-state index contributed by atoms with van der Waals surface area (Å²) in [6.45, 7) is 0.886. The third kappa shape index (κ3) is 4.18. The molecule has 1 N–H and O–H groups in total. The SMILES string of the molecule is O=[N+]([O-])c1ccc([C@H](O)[C@@H](c2ccccc2)S(=O)(=O)N2CCCCC2)cc1. The first-order valence-corrected chi connectivity index (χ1v) is 10.4. The molecular weight excluding hydrogens is 368 g/mol. The highest BCUT2D eigenvalue weighted by molar-refractivity contribution is 7.89. The quantitative estimate of drug-likeness (QED) is 0.603. The fourth-order valence-electron chi connectivity index (χ4n) is 3.41. The predicted molar refractivity (Wildman–Crippen MR) is 102 cm³/mol. The third-order valence-electron chi connectivity index (χ3n) is 4.86. The Bertz CT molecular complexity index is 878. The molecule has 1 aliphatic heterocycles. The lowest BCUT2D eigenvalue weighted by atomic mass is 10.0. The minimum absolute atomic E-state index is 0.110. The Morgan fingerprint density at radius 2 is 1.52 bits per heavy atom. The van der Waals surface area contributed by atoms with Gasteiger partial charge in [-0.3, -0.25) is 10.1 Å². The summed E-state index contributed by atoms with van der Waals surface area (Å²) in [7, 11) is -3.80. The largest absolute Gasteiger partial charge is 0.387 e. The number of piperidine rings is 1. The first kappa shape index (κ1) is 19.5. The molecule has 1 saturated heterocycles. The summed E-state index contributed by atoms with van der Waals surface area (Å²) in [6.07, 6.45) is 1.26. The van der Waals surface area contributed by atoms with E-state index in [-0.39, 0.29) is 5.69 Å². The lowest BCUT2D eigenvalue weighted by molar-refractivity contribution is -0.384. The van der Waals surface area contributed by atoms with Gasteiger partial charge in [0, 0.05) is 25.2 Å². The number of aliphatic hydroxyl groups excluding tert-OH is 1. The van der Waals surface area contributed by atoms with Gasteiger partial charge in [0.05, 0.1) is 4.92 Å². The van der Waals surface area contributed by atoms with Crippen LogP contribution >= 0.6 is 0 Å². The minimum Gasteiger partial charge on any atom is -0.387 e. The second-order valence-corrected chi connectivity index (χ2v) is 8.68. The summed E-state index contributed by atoms with van der Waals surface area (Å²) in [4.78, 5) is 10.3. The number of benzene rings is 2. The lowest BCUT2D eigenvalue weighted by Crippen LogP contribution is -2.40. The van der Waals surface area contributed by atoms with E-state index in [9.17, 15) is 23.6 Å². The van der Waals surface area contributed by atoms with Crippen LogP contribution in [0.1, 0.15) is 41.7 Å². The Balaban J connectivity index is 2.00. The van der Waals surface area contributed by atoms with E-state index in [0.717, 1.165) is 19.3 Å². The van der Waals surface area contributed by atoms with Crippen molar-refractivity contribution in [2.24, 2.45) is 0 Å². The molecule has 0 bridgehead atoms. The van der Waals surface area contributed by atoms with Gasteiger partial charge in [0.25, 0.3) is 5.69 Å². The van der Waals surface area contributed by atoms with E-state index in [1.165, 1.54) is 28.6 Å². The van der Waals surface area contributed by atoms with Gasteiger partial charge < -0.3 is 5.11 Å². The number of sulfonamides is 1. The molecule has 0 unspecified atom stereocenters. The summed E-state index contributed by atoms with van der Waals surface area (Å²) in [5.41, 5.74) is 0.713. The molecule has 1 fully saturated rings. The summed E-state index contributed by atoms with van der Waals surface area (Å²) in [6, 6.07) is 14.0. The number of nitro groups is 1. The van der Waals surface area contributed by atoms with Crippen LogP contribution in [-0.2, 0) is 10.0 Å². The van der Waals surface area contributed by atoms with Gasteiger partial charge in [-0.05, 0) is 36.1 Å². The molecule has 1 aliphatic rings. The van der Waals surface area contributed by atoms with Crippen LogP contribution in [0.4, 0.5) is 5.69 Å². The highest BCUT2D eigenvalue weighted by Gasteiger charge is 2.39. The Labute approximate surface area is 158 Å². The van der Waals surface area contributed by atoms with Gasteiger partial charge in [0.2, 0.25) is 10.0 Å². The Morgan fingerprint density at radius 1 is 0.926 bits per heavy atom. The van der Waals surface area contributed by atoms with Crippen molar-refractivity contribution in [3.05, 3.63) is 75.8 Å². The summed E-state index contributed by atoms with van der Waals surface area (Å²) in [5, 5.41) is 20.6. The number of non-ortho nitro benzene ring substituents is 1. The zero-order valence-corrected chi connectivity index (χ0v) is 15.6. The molecule has 0 aliphatic carbocycles. The molecule has 7 nitrogen and oxygen atoms in total. The van der Waals surface area contributed by atoms with Crippen molar-refractivity contribution >= 4 is 15.7 Å². The highest BCUT2D eigenvalue weighted by atomic mass is 32.2. The molecule has 2 atom stereocenters. The van der Waals surface area contributed by atoms with Crippen molar-refractivity contribution < 1.29 is 18.4 Å². The lowest BCUT2D eigenvalue weighted by Gasteiger charge is -2.32. The molecule has 0 aromatic heterocycles. The standard InChI is InChI=1S/C19H22N2O5S/c22-18(15-9-11-17(12-10-15)21(23)24)19(16-7-3-1-4-8-16)27(25,26)20-13-5-2-6-14-20/h1,3-4,7-12,18-19,22H,2,5-6,13-14H2/t18-,19+/m0/s1. The molecule has 144 valence electrons. The molecule has 0 amide bonds. The predicted octanol–water partition coefficient (Wildman–Crippen LogP) is 3.19. The molecular formula is C19H22N2O5S. The molecule has 0 saturated carbocycles. The molecule has 2 aromatic rings. The van der Waals surface area contributed by atoms with Crippen LogP contribution in [0.15, 0.2) is 54.6 Å². The average Bonchev–Trinajstić information content (AvgIpc) is 2.69. The summed E-state index contributed by atoms with van der Waals surface area (Å²) >= 11 is 0. The number of aliphatic hydroxyl groups is 1. The number of rotatable bonds is 6. The number of nitrogens with zero attached hydrogens (tertiary/aromatic N) is 2. The smallest absolute Gasteiger partial charge is 0.269 e. The van der Waals surface area contributed by atoms with Crippen molar-refractivity contribution in [1.29, 1.82) is 0 Å². The topological polar surface area (TPSA) is 101 Å². The first-order valence-electron chi connectivity index (χ1n) is 8.87. The van der Waals surface area contributed by atoms with E-state index >= 15 is 0 Å². The molecule has 2 aromatic carbocycles. The minimum atomic E-state index is -3.80. The fourth-order valence-corrected chi connectivity index (χ4v) is 5.48. The highest BCUT2D eigenvalue weighted by Crippen LogP contribution is 2.38. The number of hydrogen-bond donors (Lipinski definition) is 1. The maximum atomic E-state index is 13.3. The van der Waals surface area contributed by atoms with Gasteiger partial charge >= 0.3 is 0 Å². The van der Waals surface area contributed by atoms with E-state index in [1.807, 2.05) is 0 Å². The molecule has 0 radical (unpaired) electrons. The molecule has 27 heavy (non-hydrogen) atoms. The fraction of sp³-hybridized carbons (Fsp3) is 0.368. The van der Waals surface area contributed by atoms with E-state index in [1.54, 1.807) is 30.3 Å². The molecule has 0 spiro atoms. The van der Waals surface area contributed by atoms with Crippen molar-refractivity contribution in [2.75, 3.05) is 13.1 Å². The average molecular weight is 390 g/mol. The van der Waals surface area contributed by atoms with Crippen LogP contribution in [0.3, 0.4) is 0 Å².